The zero-order valence-corrected chi connectivity index (χ0v) is 7.59. The molecule has 0 aromatic heterocycles. The molecule has 0 aromatic carbocycles. The average molecular weight is 171 g/mol. The molecule has 0 fully saturated rings. The Morgan fingerprint density at radius 2 is 2.42 bits per heavy atom. The third-order valence-electron chi connectivity index (χ3n) is 2.00. The second kappa shape index (κ2) is 3.23. The fourth-order valence-corrected chi connectivity index (χ4v) is 0.968. The summed E-state index contributed by atoms with van der Waals surface area (Å²) in [6.07, 6.45) is 1.29. The molecule has 0 aliphatic carbocycles. The molecule has 12 heavy (non-hydrogen) atoms. The van der Waals surface area contributed by atoms with E-state index >= 15 is 0 Å². The molecule has 1 aliphatic rings. The Balaban J connectivity index is 2.64. The molecule has 0 amide bonds. The van der Waals surface area contributed by atoms with E-state index in [1.165, 1.54) is 6.92 Å². The highest BCUT2D eigenvalue weighted by Gasteiger charge is 2.31. The molecular weight excluding hydrogens is 158 g/mol. The standard InChI is InChI=1S/C8H13NO3/c1-6(10)7-4-5-8(2,11-3)12-9-7/h4-5H2,1-3H3. The summed E-state index contributed by atoms with van der Waals surface area (Å²) in [5, 5.41) is 3.70. The van der Waals surface area contributed by atoms with Crippen LogP contribution in [0.3, 0.4) is 0 Å². The van der Waals surface area contributed by atoms with Crippen molar-refractivity contribution in [3.8, 4) is 0 Å². The van der Waals surface area contributed by atoms with Gasteiger partial charge in [-0.25, -0.2) is 0 Å². The topological polar surface area (TPSA) is 47.9 Å². The van der Waals surface area contributed by atoms with Crippen LogP contribution in [-0.2, 0) is 14.4 Å². The third kappa shape index (κ3) is 1.82. The summed E-state index contributed by atoms with van der Waals surface area (Å²) in [5.41, 5.74) is 0.490. The average Bonchev–Trinajstić information content (AvgIpc) is 2.05. The lowest BCUT2D eigenvalue weighted by Crippen LogP contribution is -2.34. The van der Waals surface area contributed by atoms with Crippen molar-refractivity contribution in [1.82, 2.24) is 0 Å². The second-order valence-corrected chi connectivity index (χ2v) is 3.02. The molecular formula is C8H13NO3. The zero-order chi connectivity index (χ0) is 9.19. The van der Waals surface area contributed by atoms with Crippen LogP contribution < -0.4 is 0 Å². The molecule has 0 saturated carbocycles. The number of Topliss-reactive ketones (excluding diaryl/α,β-unsaturated/α-hetero) is 1. The SMILES string of the molecule is COC1(C)CCC(C(C)=O)=NO1. The largest absolute Gasteiger partial charge is 0.360 e. The summed E-state index contributed by atoms with van der Waals surface area (Å²) in [6.45, 7) is 3.28. The molecule has 0 radical (unpaired) electrons. The first kappa shape index (κ1) is 9.19. The lowest BCUT2D eigenvalue weighted by molar-refractivity contribution is -0.218. The Hall–Kier alpha value is -0.900. The first-order chi connectivity index (χ1) is 5.57. The molecule has 0 bridgehead atoms. The van der Waals surface area contributed by atoms with Crippen LogP contribution >= 0.6 is 0 Å². The Labute approximate surface area is 71.5 Å². The van der Waals surface area contributed by atoms with Crippen molar-refractivity contribution >= 4 is 11.5 Å². The van der Waals surface area contributed by atoms with Gasteiger partial charge in [0.2, 0.25) is 5.79 Å². The van der Waals surface area contributed by atoms with Crippen LogP contribution in [0.5, 0.6) is 0 Å². The zero-order valence-electron chi connectivity index (χ0n) is 7.59. The molecule has 1 atom stereocenters. The number of ketones is 1. The Bertz CT molecular complexity index is 224. The number of oxime groups is 1. The van der Waals surface area contributed by atoms with E-state index in [-0.39, 0.29) is 5.78 Å². The second-order valence-electron chi connectivity index (χ2n) is 3.02. The Kier molecular flexibility index (Phi) is 2.47. The summed E-state index contributed by atoms with van der Waals surface area (Å²) in [4.78, 5) is 15.9. The van der Waals surface area contributed by atoms with Gasteiger partial charge >= 0.3 is 0 Å². The van der Waals surface area contributed by atoms with E-state index in [0.717, 1.165) is 0 Å². The molecule has 1 heterocycles. The monoisotopic (exact) mass is 171 g/mol. The van der Waals surface area contributed by atoms with E-state index in [4.69, 9.17) is 9.57 Å². The number of ether oxygens (including phenoxy) is 1. The minimum absolute atomic E-state index is 0.0341. The van der Waals surface area contributed by atoms with Crippen molar-refractivity contribution in [3.05, 3.63) is 0 Å². The fourth-order valence-electron chi connectivity index (χ4n) is 0.968. The van der Waals surface area contributed by atoms with Crippen molar-refractivity contribution in [2.75, 3.05) is 7.11 Å². The van der Waals surface area contributed by atoms with Crippen LogP contribution in [0.25, 0.3) is 0 Å². The van der Waals surface area contributed by atoms with Crippen LogP contribution in [0, 0.1) is 0 Å². The van der Waals surface area contributed by atoms with Crippen molar-refractivity contribution < 1.29 is 14.4 Å². The van der Waals surface area contributed by atoms with E-state index in [0.29, 0.717) is 18.6 Å². The van der Waals surface area contributed by atoms with Gasteiger partial charge < -0.3 is 9.57 Å². The molecule has 4 nitrogen and oxygen atoms in total. The van der Waals surface area contributed by atoms with Gasteiger partial charge in [0.1, 0.15) is 5.71 Å². The lowest BCUT2D eigenvalue weighted by Gasteiger charge is -2.28. The maximum atomic E-state index is 10.8. The van der Waals surface area contributed by atoms with Crippen LogP contribution in [0.15, 0.2) is 5.16 Å². The summed E-state index contributed by atoms with van der Waals surface area (Å²) >= 11 is 0. The number of carbonyl (C=O) groups is 1. The fraction of sp³-hybridized carbons (Fsp3) is 0.750. The molecule has 0 saturated heterocycles. The maximum Gasteiger partial charge on any atom is 0.234 e. The van der Waals surface area contributed by atoms with Gasteiger partial charge in [0.25, 0.3) is 0 Å². The van der Waals surface area contributed by atoms with Gasteiger partial charge in [-0.1, -0.05) is 5.16 Å². The first-order valence-electron chi connectivity index (χ1n) is 3.88. The van der Waals surface area contributed by atoms with E-state index in [2.05, 4.69) is 5.16 Å². The number of hydrogen-bond acceptors (Lipinski definition) is 4. The predicted molar refractivity (Wildman–Crippen MR) is 43.8 cm³/mol. The van der Waals surface area contributed by atoms with Crippen LogP contribution in [-0.4, -0.2) is 24.4 Å². The number of rotatable bonds is 2. The van der Waals surface area contributed by atoms with Crippen LogP contribution in [0.4, 0.5) is 0 Å². The summed E-state index contributed by atoms with van der Waals surface area (Å²) in [5.74, 6) is -0.688. The van der Waals surface area contributed by atoms with E-state index in [1.54, 1.807) is 14.0 Å². The number of methoxy groups -OCH3 is 1. The van der Waals surface area contributed by atoms with Crippen molar-refractivity contribution in [1.29, 1.82) is 0 Å². The normalized spacial score (nSPS) is 29.1. The summed E-state index contributed by atoms with van der Waals surface area (Å²) in [6, 6.07) is 0. The van der Waals surface area contributed by atoms with Crippen LogP contribution in [0.1, 0.15) is 26.7 Å². The highest BCUT2D eigenvalue weighted by atomic mass is 16.8. The highest BCUT2D eigenvalue weighted by molar-refractivity contribution is 6.38. The molecule has 1 aliphatic heterocycles. The highest BCUT2D eigenvalue weighted by Crippen LogP contribution is 2.23. The van der Waals surface area contributed by atoms with Gasteiger partial charge in [0, 0.05) is 33.8 Å². The Morgan fingerprint density at radius 3 is 2.75 bits per heavy atom. The molecule has 68 valence electrons. The Morgan fingerprint density at radius 1 is 1.75 bits per heavy atom. The van der Waals surface area contributed by atoms with Gasteiger partial charge in [-0.15, -0.1) is 0 Å². The van der Waals surface area contributed by atoms with Gasteiger partial charge in [0.05, 0.1) is 0 Å². The van der Waals surface area contributed by atoms with E-state index < -0.39 is 5.79 Å². The van der Waals surface area contributed by atoms with E-state index in [9.17, 15) is 4.79 Å². The molecule has 0 aromatic rings. The smallest absolute Gasteiger partial charge is 0.234 e. The molecule has 1 rings (SSSR count). The summed E-state index contributed by atoms with van der Waals surface area (Å²) < 4.78 is 5.07. The first-order valence-corrected chi connectivity index (χ1v) is 3.88. The van der Waals surface area contributed by atoms with E-state index in [1.807, 2.05) is 0 Å². The van der Waals surface area contributed by atoms with Gasteiger partial charge in [-0.05, 0) is 0 Å². The van der Waals surface area contributed by atoms with Crippen molar-refractivity contribution in [3.63, 3.8) is 0 Å². The van der Waals surface area contributed by atoms with Gasteiger partial charge in [-0.2, -0.15) is 0 Å². The van der Waals surface area contributed by atoms with Gasteiger partial charge in [0.15, 0.2) is 5.78 Å². The number of carbonyl (C=O) groups excluding carboxylic acids is 1. The van der Waals surface area contributed by atoms with Crippen LogP contribution in [0.2, 0.25) is 0 Å². The molecule has 0 N–H and O–H groups in total. The molecule has 0 spiro atoms. The number of hydrogen-bond donors (Lipinski definition) is 0. The predicted octanol–water partition coefficient (Wildman–Crippen LogP) is 1.10. The minimum Gasteiger partial charge on any atom is -0.360 e. The van der Waals surface area contributed by atoms with Crippen molar-refractivity contribution in [2.24, 2.45) is 5.16 Å². The number of nitrogens with zero attached hydrogens (tertiary/aromatic N) is 1. The minimum atomic E-state index is -0.654. The lowest BCUT2D eigenvalue weighted by atomic mass is 10.1. The summed E-state index contributed by atoms with van der Waals surface area (Å²) in [7, 11) is 1.56. The van der Waals surface area contributed by atoms with Gasteiger partial charge in [-0.3, -0.25) is 4.79 Å². The third-order valence-corrected chi connectivity index (χ3v) is 2.00. The molecule has 4 heteroatoms. The van der Waals surface area contributed by atoms with Crippen molar-refractivity contribution in [2.45, 2.75) is 32.5 Å². The molecule has 1 unspecified atom stereocenters. The maximum absolute atomic E-state index is 10.8. The quantitative estimate of drug-likeness (QED) is 0.625.